The molecule has 0 aliphatic carbocycles. The normalized spacial score (nSPS) is 13.8. The lowest BCUT2D eigenvalue weighted by molar-refractivity contribution is -0.137. The number of rotatable bonds is 6. The molecule has 2 unspecified atom stereocenters. The van der Waals surface area contributed by atoms with Gasteiger partial charge in [-0.05, 0) is 34.1 Å². The molecular weight excluding hydrogens is 258 g/mol. The van der Waals surface area contributed by atoms with Crippen molar-refractivity contribution in [1.29, 1.82) is 0 Å². The van der Waals surface area contributed by atoms with E-state index >= 15 is 0 Å². The fourth-order valence-corrected chi connectivity index (χ4v) is 2.33. The highest BCUT2D eigenvalue weighted by Crippen LogP contribution is 2.23. The Hall–Kier alpha value is -1.85. The number of carbonyl (C=O) groups is 2. The van der Waals surface area contributed by atoms with Crippen molar-refractivity contribution in [2.75, 3.05) is 0 Å². The van der Waals surface area contributed by atoms with Crippen molar-refractivity contribution in [1.82, 2.24) is 15.1 Å². The molecule has 1 amide bonds. The van der Waals surface area contributed by atoms with Crippen molar-refractivity contribution < 1.29 is 14.7 Å². The van der Waals surface area contributed by atoms with E-state index in [1.165, 1.54) is 0 Å². The molecule has 0 saturated heterocycles. The summed E-state index contributed by atoms with van der Waals surface area (Å²) in [6.45, 7) is 7.49. The fourth-order valence-electron chi connectivity index (χ4n) is 2.33. The maximum atomic E-state index is 12.2. The number of amides is 1. The van der Waals surface area contributed by atoms with Gasteiger partial charge in [0.1, 0.15) is 0 Å². The van der Waals surface area contributed by atoms with E-state index in [0.717, 1.165) is 17.0 Å². The molecule has 0 saturated carbocycles. The van der Waals surface area contributed by atoms with E-state index in [-0.39, 0.29) is 24.3 Å². The van der Waals surface area contributed by atoms with Crippen LogP contribution in [-0.4, -0.2) is 32.8 Å². The van der Waals surface area contributed by atoms with E-state index in [1.54, 1.807) is 4.68 Å². The Kier molecular flexibility index (Phi) is 5.30. The predicted octanol–water partition coefficient (Wildman–Crippen LogP) is 1.51. The Labute approximate surface area is 119 Å². The van der Waals surface area contributed by atoms with Crippen LogP contribution in [0.1, 0.15) is 49.6 Å². The number of carboxylic acids is 1. The third-order valence-corrected chi connectivity index (χ3v) is 3.57. The molecule has 2 atom stereocenters. The van der Waals surface area contributed by atoms with Gasteiger partial charge in [0.05, 0.1) is 11.6 Å². The average Bonchev–Trinajstić information content (AvgIpc) is 2.60. The summed E-state index contributed by atoms with van der Waals surface area (Å²) in [6.07, 6.45) is 0.486. The molecule has 0 bridgehead atoms. The van der Waals surface area contributed by atoms with Gasteiger partial charge in [0.25, 0.3) is 0 Å². The molecule has 1 aromatic rings. The SMILES string of the molecule is Cc1nn(C)c(C)c1C(C)C(=O)NC(C)CCC(=O)O. The van der Waals surface area contributed by atoms with Crippen LogP contribution in [0.4, 0.5) is 0 Å². The van der Waals surface area contributed by atoms with Crippen LogP contribution in [0, 0.1) is 13.8 Å². The lowest BCUT2D eigenvalue weighted by atomic mass is 9.97. The highest BCUT2D eigenvalue weighted by atomic mass is 16.4. The van der Waals surface area contributed by atoms with E-state index in [4.69, 9.17) is 5.11 Å². The molecule has 6 heteroatoms. The largest absolute Gasteiger partial charge is 0.481 e. The lowest BCUT2D eigenvalue weighted by Gasteiger charge is -2.17. The summed E-state index contributed by atoms with van der Waals surface area (Å²) in [5.41, 5.74) is 2.77. The zero-order valence-electron chi connectivity index (χ0n) is 12.7. The summed E-state index contributed by atoms with van der Waals surface area (Å²) in [5.74, 6) is -1.24. The Bertz CT molecular complexity index is 508. The number of nitrogens with one attached hydrogen (secondary N) is 1. The van der Waals surface area contributed by atoms with Gasteiger partial charge in [-0.1, -0.05) is 0 Å². The minimum absolute atomic E-state index is 0.0563. The van der Waals surface area contributed by atoms with E-state index < -0.39 is 5.97 Å². The van der Waals surface area contributed by atoms with Gasteiger partial charge >= 0.3 is 5.97 Å². The molecule has 0 radical (unpaired) electrons. The van der Waals surface area contributed by atoms with Gasteiger partial charge < -0.3 is 10.4 Å². The van der Waals surface area contributed by atoms with Crippen LogP contribution < -0.4 is 5.32 Å². The molecule has 0 aliphatic rings. The summed E-state index contributed by atoms with van der Waals surface area (Å²) in [6, 6.07) is -0.154. The molecule has 20 heavy (non-hydrogen) atoms. The van der Waals surface area contributed by atoms with Gasteiger partial charge in [-0.25, -0.2) is 0 Å². The summed E-state index contributed by atoms with van der Waals surface area (Å²) < 4.78 is 1.77. The first kappa shape index (κ1) is 16.2. The van der Waals surface area contributed by atoms with Gasteiger partial charge in [-0.15, -0.1) is 0 Å². The molecule has 0 spiro atoms. The summed E-state index contributed by atoms with van der Waals surface area (Å²) in [7, 11) is 1.85. The Morgan fingerprint density at radius 3 is 2.40 bits per heavy atom. The van der Waals surface area contributed by atoms with Gasteiger partial charge in [0, 0.05) is 30.8 Å². The topological polar surface area (TPSA) is 84.2 Å². The maximum absolute atomic E-state index is 12.2. The van der Waals surface area contributed by atoms with Crippen molar-refractivity contribution in [2.24, 2.45) is 7.05 Å². The number of aromatic nitrogens is 2. The van der Waals surface area contributed by atoms with Crippen molar-refractivity contribution in [3.63, 3.8) is 0 Å². The first-order valence-electron chi connectivity index (χ1n) is 6.76. The number of aliphatic carboxylic acids is 1. The number of hydrogen-bond acceptors (Lipinski definition) is 3. The second kappa shape index (κ2) is 6.54. The Morgan fingerprint density at radius 1 is 1.35 bits per heavy atom. The monoisotopic (exact) mass is 281 g/mol. The number of carboxylic acid groups (broad SMARTS) is 1. The third-order valence-electron chi connectivity index (χ3n) is 3.57. The van der Waals surface area contributed by atoms with Crippen molar-refractivity contribution in [2.45, 2.75) is 52.5 Å². The Balaban J connectivity index is 2.69. The van der Waals surface area contributed by atoms with Crippen LogP contribution in [0.5, 0.6) is 0 Å². The second-order valence-corrected chi connectivity index (χ2v) is 5.27. The second-order valence-electron chi connectivity index (χ2n) is 5.27. The number of carbonyl (C=O) groups excluding carboxylic acids is 1. The summed E-state index contributed by atoms with van der Waals surface area (Å²) in [4.78, 5) is 22.7. The van der Waals surface area contributed by atoms with E-state index in [2.05, 4.69) is 10.4 Å². The maximum Gasteiger partial charge on any atom is 0.303 e. The van der Waals surface area contributed by atoms with Gasteiger partial charge in [-0.3, -0.25) is 14.3 Å². The van der Waals surface area contributed by atoms with E-state index in [9.17, 15) is 9.59 Å². The first-order chi connectivity index (χ1) is 9.23. The minimum atomic E-state index is -0.849. The number of aryl methyl sites for hydroxylation is 2. The highest BCUT2D eigenvalue weighted by molar-refractivity contribution is 5.84. The molecule has 1 aromatic heterocycles. The molecule has 1 heterocycles. The Morgan fingerprint density at radius 2 is 1.95 bits per heavy atom. The van der Waals surface area contributed by atoms with Crippen LogP contribution in [-0.2, 0) is 16.6 Å². The van der Waals surface area contributed by atoms with Crippen LogP contribution >= 0.6 is 0 Å². The van der Waals surface area contributed by atoms with Crippen LogP contribution in [0.3, 0.4) is 0 Å². The van der Waals surface area contributed by atoms with Crippen molar-refractivity contribution in [3.8, 4) is 0 Å². The standard InChI is InChI=1S/C14H23N3O3/c1-8(6-7-12(18)19)15-14(20)9(2)13-10(3)16-17(5)11(13)4/h8-9H,6-7H2,1-5H3,(H,15,20)(H,18,19). The average molecular weight is 281 g/mol. The smallest absolute Gasteiger partial charge is 0.303 e. The van der Waals surface area contributed by atoms with Gasteiger partial charge in [-0.2, -0.15) is 5.10 Å². The molecule has 0 aromatic carbocycles. The molecular formula is C14H23N3O3. The molecule has 112 valence electrons. The summed E-state index contributed by atoms with van der Waals surface area (Å²) in [5, 5.41) is 15.8. The van der Waals surface area contributed by atoms with Crippen LogP contribution in [0.25, 0.3) is 0 Å². The number of hydrogen-bond donors (Lipinski definition) is 2. The zero-order valence-corrected chi connectivity index (χ0v) is 12.7. The van der Waals surface area contributed by atoms with Crippen molar-refractivity contribution in [3.05, 3.63) is 17.0 Å². The third kappa shape index (κ3) is 3.82. The molecule has 2 N–H and O–H groups in total. The minimum Gasteiger partial charge on any atom is -0.481 e. The quantitative estimate of drug-likeness (QED) is 0.827. The van der Waals surface area contributed by atoms with E-state index in [1.807, 2.05) is 34.7 Å². The lowest BCUT2D eigenvalue weighted by Crippen LogP contribution is -2.36. The highest BCUT2D eigenvalue weighted by Gasteiger charge is 2.23. The molecule has 0 fully saturated rings. The van der Waals surface area contributed by atoms with E-state index in [0.29, 0.717) is 6.42 Å². The zero-order chi connectivity index (χ0) is 15.4. The van der Waals surface area contributed by atoms with Gasteiger partial charge in [0.2, 0.25) is 5.91 Å². The van der Waals surface area contributed by atoms with Gasteiger partial charge in [0.15, 0.2) is 0 Å². The fraction of sp³-hybridized carbons (Fsp3) is 0.643. The van der Waals surface area contributed by atoms with Crippen molar-refractivity contribution >= 4 is 11.9 Å². The molecule has 0 aliphatic heterocycles. The summed E-state index contributed by atoms with van der Waals surface area (Å²) >= 11 is 0. The number of nitrogens with zero attached hydrogens (tertiary/aromatic N) is 2. The van der Waals surface area contributed by atoms with Crippen LogP contribution in [0.15, 0.2) is 0 Å². The predicted molar refractivity (Wildman–Crippen MR) is 75.6 cm³/mol. The first-order valence-corrected chi connectivity index (χ1v) is 6.76. The molecule has 1 rings (SSSR count). The van der Waals surface area contributed by atoms with Crippen LogP contribution in [0.2, 0.25) is 0 Å². The molecule has 6 nitrogen and oxygen atoms in total.